The summed E-state index contributed by atoms with van der Waals surface area (Å²) in [6.07, 6.45) is 1.38. The Labute approximate surface area is 106 Å². The Bertz CT molecular complexity index is 498. The summed E-state index contributed by atoms with van der Waals surface area (Å²) >= 11 is 0. The summed E-state index contributed by atoms with van der Waals surface area (Å²) in [5.41, 5.74) is 5.58. The summed E-state index contributed by atoms with van der Waals surface area (Å²) in [5.74, 6) is 0.0131. The fourth-order valence-corrected chi connectivity index (χ4v) is 3.24. The maximum absolute atomic E-state index is 12.2. The van der Waals surface area contributed by atoms with Crippen LogP contribution in [0.2, 0.25) is 0 Å². The van der Waals surface area contributed by atoms with Gasteiger partial charge >= 0.3 is 0 Å². The Hall–Kier alpha value is -1.16. The first-order valence-corrected chi connectivity index (χ1v) is 7.11. The van der Waals surface area contributed by atoms with Crippen LogP contribution in [-0.2, 0) is 17.1 Å². The first-order valence-electron chi connectivity index (χ1n) is 5.63. The number of rotatable bonds is 3. The van der Waals surface area contributed by atoms with Crippen LogP contribution in [0.1, 0.15) is 0 Å². The van der Waals surface area contributed by atoms with E-state index in [-0.39, 0.29) is 10.8 Å². The maximum atomic E-state index is 12.2. The van der Waals surface area contributed by atoms with E-state index >= 15 is 0 Å². The number of hydrogen-bond acceptors (Lipinski definition) is 6. The van der Waals surface area contributed by atoms with Gasteiger partial charge in [0.05, 0.1) is 6.33 Å². The molecule has 1 aliphatic heterocycles. The van der Waals surface area contributed by atoms with E-state index in [2.05, 4.69) is 14.7 Å². The molecule has 0 amide bonds. The third-order valence-electron chi connectivity index (χ3n) is 2.92. The van der Waals surface area contributed by atoms with Gasteiger partial charge in [0.15, 0.2) is 10.8 Å². The zero-order chi connectivity index (χ0) is 13.3. The number of hydrazine groups is 1. The minimum absolute atomic E-state index is 0.00132. The summed E-state index contributed by atoms with van der Waals surface area (Å²) in [5, 5.41) is 1.68. The standard InChI is InChI=1S/C9H18N6O2S/c1-13-3-5-15(6-4-13)12-18(16,17)9-8(10)11-7-14(9)2/h7,12H,3-6,10H2,1-2H3. The van der Waals surface area contributed by atoms with Crippen LogP contribution in [0.5, 0.6) is 0 Å². The van der Waals surface area contributed by atoms with Crippen LogP contribution < -0.4 is 10.6 Å². The molecule has 0 saturated carbocycles. The van der Waals surface area contributed by atoms with E-state index in [1.54, 1.807) is 12.1 Å². The van der Waals surface area contributed by atoms with E-state index < -0.39 is 10.0 Å². The molecule has 9 heteroatoms. The van der Waals surface area contributed by atoms with Gasteiger partial charge in [-0.15, -0.1) is 4.83 Å². The molecule has 0 radical (unpaired) electrons. The molecule has 0 aliphatic carbocycles. The summed E-state index contributed by atoms with van der Waals surface area (Å²) in [7, 11) is -0.0585. The highest BCUT2D eigenvalue weighted by Gasteiger charge is 2.26. The van der Waals surface area contributed by atoms with Crippen molar-refractivity contribution in [1.29, 1.82) is 0 Å². The molecule has 1 aliphatic rings. The average molecular weight is 274 g/mol. The number of piperazine rings is 1. The van der Waals surface area contributed by atoms with Gasteiger partial charge in [-0.3, -0.25) is 0 Å². The minimum Gasteiger partial charge on any atom is -0.381 e. The largest absolute Gasteiger partial charge is 0.381 e. The van der Waals surface area contributed by atoms with Gasteiger partial charge in [-0.1, -0.05) is 0 Å². The van der Waals surface area contributed by atoms with Crippen molar-refractivity contribution in [3.63, 3.8) is 0 Å². The number of hydrogen-bond donors (Lipinski definition) is 2. The van der Waals surface area contributed by atoms with Gasteiger partial charge < -0.3 is 15.2 Å². The fourth-order valence-electron chi connectivity index (χ4n) is 1.88. The summed E-state index contributed by atoms with van der Waals surface area (Å²) in [6.45, 7) is 2.94. The summed E-state index contributed by atoms with van der Waals surface area (Å²) in [4.78, 5) is 8.46. The topological polar surface area (TPSA) is 96.5 Å². The Morgan fingerprint density at radius 2 is 1.89 bits per heavy atom. The van der Waals surface area contributed by atoms with Gasteiger partial charge in [-0.05, 0) is 7.05 Å². The number of aromatic nitrogens is 2. The Morgan fingerprint density at radius 3 is 2.39 bits per heavy atom. The molecule has 0 unspecified atom stereocenters. The van der Waals surface area contributed by atoms with Crippen LogP contribution in [0.25, 0.3) is 0 Å². The smallest absolute Gasteiger partial charge is 0.272 e. The average Bonchev–Trinajstić information content (AvgIpc) is 2.62. The van der Waals surface area contributed by atoms with E-state index in [4.69, 9.17) is 5.73 Å². The highest BCUT2D eigenvalue weighted by Crippen LogP contribution is 2.15. The molecule has 1 saturated heterocycles. The zero-order valence-electron chi connectivity index (χ0n) is 10.5. The summed E-state index contributed by atoms with van der Waals surface area (Å²) in [6, 6.07) is 0. The van der Waals surface area contributed by atoms with Gasteiger partial charge in [-0.2, -0.15) is 0 Å². The molecular formula is C9H18N6O2S. The quantitative estimate of drug-likeness (QED) is 0.692. The van der Waals surface area contributed by atoms with Crippen molar-refractivity contribution >= 4 is 15.8 Å². The molecule has 0 spiro atoms. The molecule has 2 rings (SSSR count). The molecule has 18 heavy (non-hydrogen) atoms. The third-order valence-corrected chi connectivity index (χ3v) is 4.42. The number of likely N-dealkylation sites (N-methyl/N-ethyl adjacent to an activating group) is 1. The molecule has 102 valence electrons. The van der Waals surface area contributed by atoms with E-state index in [9.17, 15) is 8.42 Å². The van der Waals surface area contributed by atoms with Crippen LogP contribution in [0.4, 0.5) is 5.82 Å². The molecule has 3 N–H and O–H groups in total. The monoisotopic (exact) mass is 274 g/mol. The van der Waals surface area contributed by atoms with Gasteiger partial charge in [-0.25, -0.2) is 18.4 Å². The number of sulfonamides is 1. The van der Waals surface area contributed by atoms with Crippen molar-refractivity contribution in [2.45, 2.75) is 5.03 Å². The lowest BCUT2D eigenvalue weighted by Crippen LogP contribution is -2.52. The molecule has 0 aromatic carbocycles. The minimum atomic E-state index is -3.66. The van der Waals surface area contributed by atoms with E-state index in [1.165, 1.54) is 10.9 Å². The second-order valence-electron chi connectivity index (χ2n) is 4.43. The van der Waals surface area contributed by atoms with Crippen LogP contribution in [0.15, 0.2) is 11.4 Å². The fraction of sp³-hybridized carbons (Fsp3) is 0.667. The number of nitrogens with two attached hydrogens (primary N) is 1. The van der Waals surface area contributed by atoms with Crippen LogP contribution >= 0.6 is 0 Å². The highest BCUT2D eigenvalue weighted by atomic mass is 32.2. The van der Waals surface area contributed by atoms with E-state index in [1.807, 2.05) is 7.05 Å². The normalized spacial score (nSPS) is 19.2. The van der Waals surface area contributed by atoms with Gasteiger partial charge in [0.2, 0.25) is 0 Å². The Balaban J connectivity index is 2.13. The number of nitrogens with zero attached hydrogens (tertiary/aromatic N) is 4. The number of nitrogen functional groups attached to an aromatic ring is 1. The van der Waals surface area contributed by atoms with E-state index in [0.29, 0.717) is 13.1 Å². The molecule has 0 bridgehead atoms. The predicted octanol–water partition coefficient (Wildman–Crippen LogP) is -1.56. The van der Waals surface area contributed by atoms with Gasteiger partial charge in [0.25, 0.3) is 10.0 Å². The predicted molar refractivity (Wildman–Crippen MR) is 67.0 cm³/mol. The number of aryl methyl sites for hydroxylation is 1. The van der Waals surface area contributed by atoms with Crippen LogP contribution in [-0.4, -0.2) is 61.1 Å². The van der Waals surface area contributed by atoms with Crippen LogP contribution in [0, 0.1) is 0 Å². The second kappa shape index (κ2) is 4.84. The lowest BCUT2D eigenvalue weighted by atomic mass is 10.4. The lowest BCUT2D eigenvalue weighted by molar-refractivity contribution is 0.134. The molecule has 1 aromatic heterocycles. The van der Waals surface area contributed by atoms with Crippen molar-refractivity contribution in [2.75, 3.05) is 39.0 Å². The van der Waals surface area contributed by atoms with Crippen molar-refractivity contribution in [3.05, 3.63) is 6.33 Å². The Kier molecular flexibility index (Phi) is 3.57. The third kappa shape index (κ3) is 2.64. The maximum Gasteiger partial charge on any atom is 0.272 e. The number of nitrogens with one attached hydrogen (secondary N) is 1. The molecule has 8 nitrogen and oxygen atoms in total. The molecular weight excluding hydrogens is 256 g/mol. The zero-order valence-corrected chi connectivity index (χ0v) is 11.3. The summed E-state index contributed by atoms with van der Waals surface area (Å²) < 4.78 is 25.8. The molecule has 1 fully saturated rings. The first kappa shape index (κ1) is 13.3. The molecule has 0 atom stereocenters. The number of imidazole rings is 1. The highest BCUT2D eigenvalue weighted by molar-refractivity contribution is 7.89. The SMILES string of the molecule is CN1CCN(NS(=O)(=O)c2c(N)ncn2C)CC1. The van der Waals surface area contributed by atoms with Crippen LogP contribution in [0.3, 0.4) is 0 Å². The van der Waals surface area contributed by atoms with Gasteiger partial charge in [0.1, 0.15) is 0 Å². The second-order valence-corrected chi connectivity index (χ2v) is 6.01. The molecule has 2 heterocycles. The van der Waals surface area contributed by atoms with Gasteiger partial charge in [0, 0.05) is 33.2 Å². The van der Waals surface area contributed by atoms with Crippen molar-refractivity contribution in [3.8, 4) is 0 Å². The number of anilines is 1. The molecule has 1 aromatic rings. The first-order chi connectivity index (χ1) is 8.40. The van der Waals surface area contributed by atoms with Crippen molar-refractivity contribution in [2.24, 2.45) is 7.05 Å². The Morgan fingerprint density at radius 1 is 1.28 bits per heavy atom. The lowest BCUT2D eigenvalue weighted by Gasteiger charge is -2.32. The van der Waals surface area contributed by atoms with Crippen molar-refractivity contribution < 1.29 is 8.42 Å². The van der Waals surface area contributed by atoms with Crippen molar-refractivity contribution in [1.82, 2.24) is 24.3 Å². The van der Waals surface area contributed by atoms with E-state index in [0.717, 1.165) is 13.1 Å².